The summed E-state index contributed by atoms with van der Waals surface area (Å²) in [7, 11) is 0. The van der Waals surface area contributed by atoms with E-state index in [1.54, 1.807) is 0 Å². The zero-order valence-electron chi connectivity index (χ0n) is 13.4. The molecule has 1 saturated carbocycles. The van der Waals surface area contributed by atoms with E-state index in [1.807, 2.05) is 36.0 Å². The zero-order valence-corrected chi connectivity index (χ0v) is 14.2. The predicted octanol–water partition coefficient (Wildman–Crippen LogP) is 5.77. The molecule has 0 saturated heterocycles. The lowest BCUT2D eigenvalue weighted by molar-refractivity contribution is 1.16. The van der Waals surface area contributed by atoms with Crippen LogP contribution in [0.2, 0.25) is 0 Å². The van der Waals surface area contributed by atoms with E-state index in [4.69, 9.17) is 0 Å². The molecule has 1 N–H and O–H groups in total. The third-order valence-corrected chi connectivity index (χ3v) is 5.60. The van der Waals surface area contributed by atoms with Gasteiger partial charge in [0, 0.05) is 28.2 Å². The van der Waals surface area contributed by atoms with Gasteiger partial charge in [0.1, 0.15) is 0 Å². The number of aromatic nitrogens is 2. The van der Waals surface area contributed by atoms with Gasteiger partial charge in [0.25, 0.3) is 0 Å². The summed E-state index contributed by atoms with van der Waals surface area (Å²) in [6.07, 6.45) is 8.26. The average molecular weight is 331 g/mol. The molecule has 0 spiro atoms. The summed E-state index contributed by atoms with van der Waals surface area (Å²) in [4.78, 5) is 8.86. The molecule has 5 rings (SSSR count). The van der Waals surface area contributed by atoms with Gasteiger partial charge in [0.2, 0.25) is 0 Å². The van der Waals surface area contributed by atoms with Crippen LogP contribution in [0.4, 0.5) is 11.4 Å². The van der Waals surface area contributed by atoms with Gasteiger partial charge in [-0.1, -0.05) is 0 Å². The van der Waals surface area contributed by atoms with Crippen LogP contribution >= 0.6 is 11.3 Å². The van der Waals surface area contributed by atoms with Crippen LogP contribution in [0.5, 0.6) is 0 Å². The van der Waals surface area contributed by atoms with Gasteiger partial charge in [0.15, 0.2) is 0 Å². The van der Waals surface area contributed by atoms with Crippen molar-refractivity contribution in [2.45, 2.75) is 25.7 Å². The summed E-state index contributed by atoms with van der Waals surface area (Å²) in [6.45, 7) is 2.05. The molecule has 3 aromatic heterocycles. The normalized spacial score (nSPS) is 14.4. The highest BCUT2D eigenvalue weighted by Gasteiger charge is 2.26. The van der Waals surface area contributed by atoms with Crippen molar-refractivity contribution in [2.75, 3.05) is 5.32 Å². The van der Waals surface area contributed by atoms with Gasteiger partial charge in [-0.3, -0.25) is 9.97 Å². The standard InChI is InChI=1S/C20H17N3S/c1-12-6-14(10-21-9-12)23-18-4-5-22-19-7-15-17(13-2-3-13)11-24-20(15)8-16(18)19/h4-11,13H,2-3H2,1H3,(H,22,23). The molecular formula is C20H17N3S. The van der Waals surface area contributed by atoms with Crippen LogP contribution in [0.1, 0.15) is 29.9 Å². The maximum Gasteiger partial charge on any atom is 0.0729 e. The highest BCUT2D eigenvalue weighted by Crippen LogP contribution is 2.46. The molecule has 118 valence electrons. The largest absolute Gasteiger partial charge is 0.354 e. The number of nitrogens with zero attached hydrogens (tertiary/aromatic N) is 2. The van der Waals surface area contributed by atoms with Crippen LogP contribution in [0.25, 0.3) is 21.0 Å². The number of nitrogens with one attached hydrogen (secondary N) is 1. The third-order valence-electron chi connectivity index (χ3n) is 4.64. The first-order valence-electron chi connectivity index (χ1n) is 8.26. The number of aryl methyl sites for hydroxylation is 1. The maximum absolute atomic E-state index is 4.60. The molecule has 0 amide bonds. The third kappa shape index (κ3) is 2.34. The highest BCUT2D eigenvalue weighted by molar-refractivity contribution is 7.17. The SMILES string of the molecule is Cc1cncc(Nc2ccnc3cc4c(C5CC5)csc4cc23)c1. The Morgan fingerprint density at radius 1 is 1.12 bits per heavy atom. The molecule has 1 aliphatic rings. The molecule has 3 heterocycles. The van der Waals surface area contributed by atoms with E-state index in [1.165, 1.54) is 28.5 Å². The molecule has 4 heteroatoms. The first kappa shape index (κ1) is 13.9. The number of pyridine rings is 2. The fraction of sp³-hybridized carbons (Fsp3) is 0.200. The lowest BCUT2D eigenvalue weighted by Gasteiger charge is -2.10. The Morgan fingerprint density at radius 3 is 2.88 bits per heavy atom. The lowest BCUT2D eigenvalue weighted by Crippen LogP contribution is -1.94. The number of hydrogen-bond donors (Lipinski definition) is 1. The van der Waals surface area contributed by atoms with Crippen LogP contribution < -0.4 is 5.32 Å². The van der Waals surface area contributed by atoms with E-state index in [0.717, 1.165) is 33.8 Å². The predicted molar refractivity (Wildman–Crippen MR) is 101 cm³/mol. The van der Waals surface area contributed by atoms with Gasteiger partial charge >= 0.3 is 0 Å². The summed E-state index contributed by atoms with van der Waals surface area (Å²) in [5.41, 5.74) is 5.80. The topological polar surface area (TPSA) is 37.8 Å². The number of thiophene rings is 1. The molecule has 0 bridgehead atoms. The minimum atomic E-state index is 0.774. The van der Waals surface area contributed by atoms with E-state index in [9.17, 15) is 0 Å². The molecule has 0 atom stereocenters. The van der Waals surface area contributed by atoms with Crippen molar-refractivity contribution in [1.29, 1.82) is 0 Å². The van der Waals surface area contributed by atoms with E-state index in [-0.39, 0.29) is 0 Å². The minimum absolute atomic E-state index is 0.774. The summed E-state index contributed by atoms with van der Waals surface area (Å²) < 4.78 is 1.35. The van der Waals surface area contributed by atoms with Crippen molar-refractivity contribution in [3.05, 3.63) is 59.4 Å². The summed E-state index contributed by atoms with van der Waals surface area (Å²) >= 11 is 1.85. The van der Waals surface area contributed by atoms with Crippen LogP contribution in [-0.4, -0.2) is 9.97 Å². The molecule has 3 nitrogen and oxygen atoms in total. The van der Waals surface area contributed by atoms with Crippen LogP contribution in [-0.2, 0) is 0 Å². The van der Waals surface area contributed by atoms with Crippen LogP contribution in [0.15, 0.2) is 48.2 Å². The zero-order chi connectivity index (χ0) is 16.1. The Bertz CT molecular complexity index is 1060. The van der Waals surface area contributed by atoms with Crippen molar-refractivity contribution in [3.8, 4) is 0 Å². The number of fused-ring (bicyclic) bond motifs is 2. The molecule has 1 aromatic carbocycles. The smallest absolute Gasteiger partial charge is 0.0729 e. The van der Waals surface area contributed by atoms with E-state index in [2.05, 4.69) is 45.8 Å². The fourth-order valence-corrected chi connectivity index (χ4v) is 4.35. The van der Waals surface area contributed by atoms with Crippen LogP contribution in [0, 0.1) is 6.92 Å². The highest BCUT2D eigenvalue weighted by atomic mass is 32.1. The Morgan fingerprint density at radius 2 is 2.04 bits per heavy atom. The van der Waals surface area contributed by atoms with Crippen LogP contribution in [0.3, 0.4) is 0 Å². The van der Waals surface area contributed by atoms with Gasteiger partial charge in [-0.05, 0) is 71.8 Å². The quantitative estimate of drug-likeness (QED) is 0.517. The second-order valence-corrected chi connectivity index (χ2v) is 7.48. The summed E-state index contributed by atoms with van der Waals surface area (Å²) in [6, 6.07) is 8.67. The minimum Gasteiger partial charge on any atom is -0.354 e. The van der Waals surface area contributed by atoms with Gasteiger partial charge in [-0.15, -0.1) is 11.3 Å². The molecule has 0 aliphatic heterocycles. The van der Waals surface area contributed by atoms with Gasteiger partial charge < -0.3 is 5.32 Å². The fourth-order valence-electron chi connectivity index (χ4n) is 3.28. The van der Waals surface area contributed by atoms with E-state index >= 15 is 0 Å². The molecule has 24 heavy (non-hydrogen) atoms. The second-order valence-electron chi connectivity index (χ2n) is 6.57. The van der Waals surface area contributed by atoms with E-state index in [0.29, 0.717) is 0 Å². The average Bonchev–Trinajstić information content (AvgIpc) is 3.34. The number of rotatable bonds is 3. The molecule has 4 aromatic rings. The van der Waals surface area contributed by atoms with Crippen molar-refractivity contribution >= 4 is 43.7 Å². The lowest BCUT2D eigenvalue weighted by atomic mass is 10.1. The molecule has 1 aliphatic carbocycles. The Kier molecular flexibility index (Phi) is 3.06. The van der Waals surface area contributed by atoms with Gasteiger partial charge in [-0.25, -0.2) is 0 Å². The number of anilines is 2. The Labute approximate surface area is 144 Å². The summed E-state index contributed by atoms with van der Waals surface area (Å²) in [5, 5.41) is 8.38. The molecular weight excluding hydrogens is 314 g/mol. The van der Waals surface area contributed by atoms with Crippen molar-refractivity contribution < 1.29 is 0 Å². The van der Waals surface area contributed by atoms with E-state index < -0.39 is 0 Å². The first-order valence-corrected chi connectivity index (χ1v) is 9.14. The molecule has 0 unspecified atom stereocenters. The Balaban J connectivity index is 1.65. The maximum atomic E-state index is 4.60. The Hall–Kier alpha value is -2.46. The first-order chi connectivity index (χ1) is 11.8. The molecule has 1 fully saturated rings. The number of benzene rings is 1. The monoisotopic (exact) mass is 331 g/mol. The van der Waals surface area contributed by atoms with Crippen molar-refractivity contribution in [2.24, 2.45) is 0 Å². The summed E-state index contributed by atoms with van der Waals surface area (Å²) in [5.74, 6) is 0.774. The number of hydrogen-bond acceptors (Lipinski definition) is 4. The molecule has 0 radical (unpaired) electrons. The van der Waals surface area contributed by atoms with Crippen molar-refractivity contribution in [1.82, 2.24) is 9.97 Å². The van der Waals surface area contributed by atoms with Gasteiger partial charge in [0.05, 0.1) is 17.4 Å². The second kappa shape index (κ2) is 5.28. The van der Waals surface area contributed by atoms with Crippen molar-refractivity contribution in [3.63, 3.8) is 0 Å². The van der Waals surface area contributed by atoms with Gasteiger partial charge in [-0.2, -0.15) is 0 Å².